The molecule has 1 aromatic heterocycles. The molecular formula is C24H25NO5. The second-order valence-corrected chi connectivity index (χ2v) is 7.42. The number of aryl methyl sites for hydroxylation is 1. The Kier molecular flexibility index (Phi) is 5.59. The highest BCUT2D eigenvalue weighted by molar-refractivity contribution is 5.99. The molecule has 3 aromatic rings. The minimum Gasteiger partial charge on any atom is -0.494 e. The van der Waals surface area contributed by atoms with Gasteiger partial charge in [0.05, 0.1) is 23.6 Å². The van der Waals surface area contributed by atoms with Crippen LogP contribution >= 0.6 is 0 Å². The number of ether oxygens (including phenoxy) is 2. The number of amides is 1. The number of hydrogen-bond acceptors (Lipinski definition) is 5. The van der Waals surface area contributed by atoms with Gasteiger partial charge < -0.3 is 18.8 Å². The summed E-state index contributed by atoms with van der Waals surface area (Å²) in [7, 11) is 1.63. The lowest BCUT2D eigenvalue weighted by Crippen LogP contribution is -2.31. The van der Waals surface area contributed by atoms with Crippen LogP contribution < -0.4 is 10.2 Å². The van der Waals surface area contributed by atoms with E-state index >= 15 is 0 Å². The fourth-order valence-corrected chi connectivity index (χ4v) is 4.00. The number of nitrogens with zero attached hydrogens (tertiary/aromatic N) is 1. The van der Waals surface area contributed by atoms with E-state index < -0.39 is 6.04 Å². The zero-order valence-electron chi connectivity index (χ0n) is 17.4. The van der Waals surface area contributed by atoms with E-state index in [1.54, 1.807) is 18.1 Å². The molecule has 4 rings (SSSR count). The largest absolute Gasteiger partial charge is 0.494 e. The van der Waals surface area contributed by atoms with E-state index in [9.17, 15) is 9.59 Å². The Labute approximate surface area is 175 Å². The van der Waals surface area contributed by atoms with Crippen LogP contribution in [0.3, 0.4) is 0 Å². The molecule has 0 fully saturated rings. The first kappa shape index (κ1) is 20.2. The Morgan fingerprint density at radius 2 is 1.87 bits per heavy atom. The van der Waals surface area contributed by atoms with Crippen LogP contribution in [0.2, 0.25) is 0 Å². The van der Waals surface area contributed by atoms with Gasteiger partial charge in [0, 0.05) is 20.3 Å². The molecule has 0 saturated carbocycles. The number of carbonyl (C=O) groups is 1. The average Bonchev–Trinajstić information content (AvgIpc) is 3.02. The van der Waals surface area contributed by atoms with Gasteiger partial charge in [-0.15, -0.1) is 0 Å². The Balaban J connectivity index is 1.86. The monoisotopic (exact) mass is 407 g/mol. The minimum absolute atomic E-state index is 0.132. The van der Waals surface area contributed by atoms with Crippen molar-refractivity contribution in [1.29, 1.82) is 0 Å². The summed E-state index contributed by atoms with van der Waals surface area (Å²) in [5, 5.41) is 0.497. The lowest BCUT2D eigenvalue weighted by molar-refractivity contribution is 0.0708. The second-order valence-electron chi connectivity index (χ2n) is 7.42. The fourth-order valence-electron chi connectivity index (χ4n) is 4.00. The lowest BCUT2D eigenvalue weighted by atomic mass is 9.98. The molecule has 30 heavy (non-hydrogen) atoms. The van der Waals surface area contributed by atoms with Gasteiger partial charge in [0.1, 0.15) is 11.3 Å². The summed E-state index contributed by atoms with van der Waals surface area (Å²) in [6.45, 7) is 5.41. The third-order valence-corrected chi connectivity index (χ3v) is 5.38. The van der Waals surface area contributed by atoms with Gasteiger partial charge in [-0.05, 0) is 50.1 Å². The molecule has 1 aliphatic heterocycles. The van der Waals surface area contributed by atoms with Crippen LogP contribution in [0, 0.1) is 6.92 Å². The first-order chi connectivity index (χ1) is 14.5. The third-order valence-electron chi connectivity index (χ3n) is 5.38. The molecule has 2 aromatic carbocycles. The minimum atomic E-state index is -0.499. The Hall–Kier alpha value is -3.12. The highest BCUT2D eigenvalue weighted by atomic mass is 16.5. The molecule has 0 aliphatic carbocycles. The number of benzene rings is 2. The van der Waals surface area contributed by atoms with Crippen molar-refractivity contribution in [2.45, 2.75) is 26.3 Å². The van der Waals surface area contributed by atoms with Crippen molar-refractivity contribution in [3.05, 3.63) is 75.1 Å². The summed E-state index contributed by atoms with van der Waals surface area (Å²) >= 11 is 0. The van der Waals surface area contributed by atoms with E-state index in [1.807, 2.05) is 50.2 Å². The SMILES string of the molecule is CCOc1ccc([C@@H]2c3c(oc4ccc(C)cc4c3=O)C(=O)N2CCCOC)cc1. The van der Waals surface area contributed by atoms with Gasteiger partial charge in [0.15, 0.2) is 5.43 Å². The fraction of sp³-hybridized carbons (Fsp3) is 0.333. The van der Waals surface area contributed by atoms with Crippen LogP contribution in [0.4, 0.5) is 0 Å². The second kappa shape index (κ2) is 8.32. The smallest absolute Gasteiger partial charge is 0.290 e. The molecule has 0 spiro atoms. The number of methoxy groups -OCH3 is 1. The predicted octanol–water partition coefficient (Wildman–Crippen LogP) is 4.08. The van der Waals surface area contributed by atoms with Crippen molar-refractivity contribution in [3.8, 4) is 5.75 Å². The van der Waals surface area contributed by atoms with Crippen LogP contribution in [0.1, 0.15) is 46.6 Å². The Morgan fingerprint density at radius 1 is 1.10 bits per heavy atom. The highest BCUT2D eigenvalue weighted by Crippen LogP contribution is 2.38. The predicted molar refractivity (Wildman–Crippen MR) is 114 cm³/mol. The molecule has 1 atom stereocenters. The van der Waals surface area contributed by atoms with E-state index in [0.717, 1.165) is 16.9 Å². The van der Waals surface area contributed by atoms with Gasteiger partial charge in [0.25, 0.3) is 5.91 Å². The van der Waals surface area contributed by atoms with Crippen LogP contribution in [0.25, 0.3) is 11.0 Å². The molecule has 0 N–H and O–H groups in total. The number of rotatable bonds is 7. The van der Waals surface area contributed by atoms with Gasteiger partial charge in [-0.3, -0.25) is 9.59 Å². The van der Waals surface area contributed by atoms with E-state index in [0.29, 0.717) is 42.7 Å². The molecule has 0 saturated heterocycles. The van der Waals surface area contributed by atoms with Gasteiger partial charge in [-0.25, -0.2) is 0 Å². The summed E-state index contributed by atoms with van der Waals surface area (Å²) in [5.74, 6) is 0.616. The topological polar surface area (TPSA) is 69.0 Å². The quantitative estimate of drug-likeness (QED) is 0.552. The molecule has 0 bridgehead atoms. The van der Waals surface area contributed by atoms with E-state index in [-0.39, 0.29) is 17.1 Å². The Morgan fingerprint density at radius 3 is 2.57 bits per heavy atom. The van der Waals surface area contributed by atoms with E-state index in [4.69, 9.17) is 13.9 Å². The summed E-state index contributed by atoms with van der Waals surface area (Å²) < 4.78 is 16.7. The van der Waals surface area contributed by atoms with Crippen molar-refractivity contribution in [2.24, 2.45) is 0 Å². The number of fused-ring (bicyclic) bond motifs is 2. The van der Waals surface area contributed by atoms with Crippen LogP contribution in [0.15, 0.2) is 51.7 Å². The third kappa shape index (κ3) is 3.48. The maximum Gasteiger partial charge on any atom is 0.290 e. The van der Waals surface area contributed by atoms with Crippen LogP contribution in [-0.2, 0) is 4.74 Å². The molecule has 0 radical (unpaired) electrons. The maximum absolute atomic E-state index is 13.5. The molecule has 6 nitrogen and oxygen atoms in total. The standard InChI is InChI=1S/C24H25NO5/c1-4-29-17-9-7-16(8-10-17)21-20-22(26)18-14-15(2)6-11-19(18)30-23(20)24(27)25(21)12-5-13-28-3/h6-11,14,21H,4-5,12-13H2,1-3H3/t21-/m1/s1. The van der Waals surface area contributed by atoms with Gasteiger partial charge in [0.2, 0.25) is 5.76 Å². The van der Waals surface area contributed by atoms with Crippen LogP contribution in [-0.4, -0.2) is 37.7 Å². The van der Waals surface area contributed by atoms with Gasteiger partial charge in [-0.2, -0.15) is 0 Å². The maximum atomic E-state index is 13.5. The Bertz CT molecular complexity index is 1130. The summed E-state index contributed by atoms with van der Waals surface area (Å²) in [6.07, 6.45) is 0.663. The van der Waals surface area contributed by atoms with E-state index in [1.165, 1.54) is 0 Å². The van der Waals surface area contributed by atoms with Crippen molar-refractivity contribution >= 4 is 16.9 Å². The first-order valence-corrected chi connectivity index (χ1v) is 10.1. The zero-order chi connectivity index (χ0) is 21.3. The molecular weight excluding hydrogens is 382 g/mol. The number of carbonyl (C=O) groups excluding carboxylic acids is 1. The van der Waals surface area contributed by atoms with Crippen molar-refractivity contribution in [3.63, 3.8) is 0 Å². The average molecular weight is 407 g/mol. The van der Waals surface area contributed by atoms with Crippen molar-refractivity contribution < 1.29 is 18.7 Å². The van der Waals surface area contributed by atoms with Crippen molar-refractivity contribution in [2.75, 3.05) is 26.9 Å². The molecule has 156 valence electrons. The highest BCUT2D eigenvalue weighted by Gasteiger charge is 2.42. The van der Waals surface area contributed by atoms with Crippen molar-refractivity contribution in [1.82, 2.24) is 4.90 Å². The van der Waals surface area contributed by atoms with E-state index in [2.05, 4.69) is 0 Å². The summed E-state index contributed by atoms with van der Waals surface area (Å²) in [4.78, 5) is 28.4. The molecule has 1 amide bonds. The lowest BCUT2D eigenvalue weighted by Gasteiger charge is -2.25. The summed E-state index contributed by atoms with van der Waals surface area (Å²) in [6, 6.07) is 12.5. The van der Waals surface area contributed by atoms with Gasteiger partial charge >= 0.3 is 0 Å². The molecule has 2 heterocycles. The normalized spacial score (nSPS) is 15.6. The summed E-state index contributed by atoms with van der Waals surface area (Å²) in [5.41, 5.74) is 2.49. The van der Waals surface area contributed by atoms with Gasteiger partial charge in [-0.1, -0.05) is 23.8 Å². The first-order valence-electron chi connectivity index (χ1n) is 10.1. The van der Waals surface area contributed by atoms with Crippen LogP contribution in [0.5, 0.6) is 5.75 Å². The molecule has 6 heteroatoms. The number of hydrogen-bond donors (Lipinski definition) is 0. The molecule has 0 unspecified atom stereocenters. The molecule has 1 aliphatic rings. The zero-order valence-corrected chi connectivity index (χ0v) is 17.4.